The molecule has 7 heteroatoms. The number of hydrogen-bond donors (Lipinski definition) is 0. The fraction of sp³-hybridized carbons (Fsp3) is 0.400. The highest BCUT2D eigenvalue weighted by atomic mass is 127. The maximum atomic E-state index is 14.7. The van der Waals surface area contributed by atoms with Gasteiger partial charge in [0, 0.05) is 10.6 Å². The minimum absolute atomic E-state index is 0.0645. The molecule has 0 amide bonds. The standard InChI is InChI=1S/C20H20ClF2IO2S/c21-15-1-4-17(5-2-15)27(25,26)20(10-7-14(8-11-20)9-12-24)18-13-16(22)3-6-19(18)23/h1-6,13-14H,7-12H2. The molecule has 0 unspecified atom stereocenters. The highest BCUT2D eigenvalue weighted by Gasteiger charge is 2.49. The topological polar surface area (TPSA) is 34.1 Å². The van der Waals surface area contributed by atoms with Gasteiger partial charge in [0.1, 0.15) is 16.4 Å². The summed E-state index contributed by atoms with van der Waals surface area (Å²) in [7, 11) is -3.94. The average Bonchev–Trinajstić information content (AvgIpc) is 2.65. The van der Waals surface area contributed by atoms with Gasteiger partial charge in [-0.1, -0.05) is 34.2 Å². The van der Waals surface area contributed by atoms with Gasteiger partial charge in [0.05, 0.1) is 4.90 Å². The second kappa shape index (κ2) is 8.33. The van der Waals surface area contributed by atoms with Gasteiger partial charge >= 0.3 is 0 Å². The van der Waals surface area contributed by atoms with Crippen LogP contribution < -0.4 is 0 Å². The lowest BCUT2D eigenvalue weighted by Crippen LogP contribution is -2.40. The Labute approximate surface area is 177 Å². The van der Waals surface area contributed by atoms with Gasteiger partial charge in [-0.2, -0.15) is 0 Å². The molecule has 0 radical (unpaired) electrons. The average molecular weight is 525 g/mol. The van der Waals surface area contributed by atoms with E-state index in [0.29, 0.717) is 23.8 Å². The third-order valence-corrected chi connectivity index (χ3v) is 8.91. The monoisotopic (exact) mass is 524 g/mol. The summed E-state index contributed by atoms with van der Waals surface area (Å²) in [6, 6.07) is 8.96. The Kier molecular flexibility index (Phi) is 6.48. The molecule has 0 bridgehead atoms. The molecule has 1 aliphatic rings. The summed E-state index contributed by atoms with van der Waals surface area (Å²) in [5.41, 5.74) is -0.0645. The van der Waals surface area contributed by atoms with Crippen LogP contribution in [0.15, 0.2) is 47.4 Å². The van der Waals surface area contributed by atoms with Gasteiger partial charge in [-0.15, -0.1) is 0 Å². The minimum atomic E-state index is -3.94. The normalized spacial score (nSPS) is 23.3. The van der Waals surface area contributed by atoms with Crippen LogP contribution in [0.4, 0.5) is 8.78 Å². The summed E-state index contributed by atoms with van der Waals surface area (Å²) in [5.74, 6) is -0.903. The van der Waals surface area contributed by atoms with Crippen LogP contribution in [0.25, 0.3) is 0 Å². The summed E-state index contributed by atoms with van der Waals surface area (Å²) < 4.78 is 55.4. The molecule has 2 aromatic rings. The van der Waals surface area contributed by atoms with E-state index in [9.17, 15) is 17.2 Å². The van der Waals surface area contributed by atoms with E-state index in [1.54, 1.807) is 0 Å². The van der Waals surface area contributed by atoms with Crippen molar-refractivity contribution in [1.29, 1.82) is 0 Å². The molecule has 1 saturated carbocycles. The van der Waals surface area contributed by atoms with Crippen LogP contribution in [-0.2, 0) is 14.6 Å². The second-order valence-corrected chi connectivity index (χ2v) is 10.8. The molecule has 0 saturated heterocycles. The Hall–Kier alpha value is -0.730. The molecule has 146 valence electrons. The molecule has 1 aliphatic carbocycles. The van der Waals surface area contributed by atoms with Gasteiger partial charge < -0.3 is 0 Å². The van der Waals surface area contributed by atoms with E-state index in [1.165, 1.54) is 24.3 Å². The molecule has 27 heavy (non-hydrogen) atoms. The smallest absolute Gasteiger partial charge is 0.188 e. The Morgan fingerprint density at radius 2 is 1.70 bits per heavy atom. The van der Waals surface area contributed by atoms with E-state index in [0.717, 1.165) is 29.0 Å². The summed E-state index contributed by atoms with van der Waals surface area (Å²) >= 11 is 8.20. The zero-order valence-electron chi connectivity index (χ0n) is 14.6. The number of halogens is 4. The first-order chi connectivity index (χ1) is 12.8. The lowest BCUT2D eigenvalue weighted by molar-refractivity contribution is 0.282. The first-order valence-electron chi connectivity index (χ1n) is 8.82. The van der Waals surface area contributed by atoms with E-state index < -0.39 is 26.2 Å². The molecular weight excluding hydrogens is 505 g/mol. The van der Waals surface area contributed by atoms with Crippen LogP contribution in [0.1, 0.15) is 37.7 Å². The SMILES string of the molecule is O=S(=O)(c1ccc(Cl)cc1)C1(c2cc(F)ccc2F)CCC(CCI)CC1. The quantitative estimate of drug-likeness (QED) is 0.340. The summed E-state index contributed by atoms with van der Waals surface area (Å²) in [5, 5.41) is 0.422. The van der Waals surface area contributed by atoms with Gasteiger partial charge in [-0.05, 0) is 84.9 Å². The number of hydrogen-bond acceptors (Lipinski definition) is 2. The van der Waals surface area contributed by atoms with Crippen molar-refractivity contribution in [2.24, 2.45) is 5.92 Å². The van der Waals surface area contributed by atoms with Gasteiger partial charge in [-0.25, -0.2) is 17.2 Å². The number of sulfone groups is 1. The predicted octanol–water partition coefficient (Wildman–Crippen LogP) is 6.30. The van der Waals surface area contributed by atoms with Crippen molar-refractivity contribution >= 4 is 44.0 Å². The van der Waals surface area contributed by atoms with Gasteiger partial charge in [-0.3, -0.25) is 0 Å². The Bertz CT molecular complexity index is 908. The van der Waals surface area contributed by atoms with Crippen LogP contribution in [0.5, 0.6) is 0 Å². The summed E-state index contributed by atoms with van der Waals surface area (Å²) in [6.45, 7) is 0. The fourth-order valence-electron chi connectivity index (χ4n) is 3.96. The second-order valence-electron chi connectivity index (χ2n) is 7.00. The third kappa shape index (κ3) is 4.03. The molecule has 3 rings (SSSR count). The molecular formula is C20H20ClF2IO2S. The van der Waals surface area contributed by atoms with Crippen molar-refractivity contribution in [3.63, 3.8) is 0 Å². The van der Waals surface area contributed by atoms with Crippen LogP contribution in [0.2, 0.25) is 5.02 Å². The molecule has 0 spiro atoms. The lowest BCUT2D eigenvalue weighted by atomic mass is 9.77. The van der Waals surface area contributed by atoms with Crippen molar-refractivity contribution < 1.29 is 17.2 Å². The molecule has 0 N–H and O–H groups in total. The van der Waals surface area contributed by atoms with Crippen LogP contribution >= 0.6 is 34.2 Å². The van der Waals surface area contributed by atoms with Crippen molar-refractivity contribution in [3.05, 3.63) is 64.7 Å². The minimum Gasteiger partial charge on any atom is -0.223 e. The molecule has 0 aromatic heterocycles. The van der Waals surface area contributed by atoms with E-state index in [-0.39, 0.29) is 23.3 Å². The first kappa shape index (κ1) is 21.0. The van der Waals surface area contributed by atoms with Crippen LogP contribution in [-0.4, -0.2) is 12.8 Å². The molecule has 0 aliphatic heterocycles. The zero-order valence-corrected chi connectivity index (χ0v) is 18.3. The number of alkyl halides is 1. The number of rotatable bonds is 5. The van der Waals surface area contributed by atoms with Crippen LogP contribution in [0.3, 0.4) is 0 Å². The molecule has 0 atom stereocenters. The first-order valence-corrected chi connectivity index (χ1v) is 12.2. The lowest BCUT2D eigenvalue weighted by Gasteiger charge is -2.40. The predicted molar refractivity (Wildman–Crippen MR) is 112 cm³/mol. The molecule has 0 heterocycles. The van der Waals surface area contributed by atoms with Crippen molar-refractivity contribution in [1.82, 2.24) is 0 Å². The highest BCUT2D eigenvalue weighted by Crippen LogP contribution is 2.49. The molecule has 2 nitrogen and oxygen atoms in total. The van der Waals surface area contributed by atoms with Crippen molar-refractivity contribution in [2.75, 3.05) is 4.43 Å². The van der Waals surface area contributed by atoms with Crippen molar-refractivity contribution in [2.45, 2.75) is 41.7 Å². The number of benzene rings is 2. The maximum Gasteiger partial charge on any atom is 0.188 e. The van der Waals surface area contributed by atoms with E-state index in [1.807, 2.05) is 0 Å². The van der Waals surface area contributed by atoms with E-state index in [4.69, 9.17) is 11.6 Å². The van der Waals surface area contributed by atoms with Gasteiger partial charge in [0.2, 0.25) is 0 Å². The van der Waals surface area contributed by atoms with Gasteiger partial charge in [0.15, 0.2) is 9.84 Å². The Morgan fingerprint density at radius 1 is 1.07 bits per heavy atom. The molecule has 2 aromatic carbocycles. The van der Waals surface area contributed by atoms with E-state index in [2.05, 4.69) is 22.6 Å². The van der Waals surface area contributed by atoms with Crippen molar-refractivity contribution in [3.8, 4) is 0 Å². The largest absolute Gasteiger partial charge is 0.223 e. The van der Waals surface area contributed by atoms with E-state index >= 15 is 0 Å². The third-order valence-electron chi connectivity index (χ3n) is 5.49. The zero-order chi connectivity index (χ0) is 19.7. The van der Waals surface area contributed by atoms with Gasteiger partial charge in [0.25, 0.3) is 0 Å². The Balaban J connectivity index is 2.14. The highest BCUT2D eigenvalue weighted by molar-refractivity contribution is 14.1. The van der Waals surface area contributed by atoms with Crippen LogP contribution in [0, 0.1) is 17.6 Å². The summed E-state index contributed by atoms with van der Waals surface area (Å²) in [4.78, 5) is 0.0860. The summed E-state index contributed by atoms with van der Waals surface area (Å²) in [6.07, 6.45) is 2.90. The Morgan fingerprint density at radius 3 is 2.30 bits per heavy atom. The fourth-order valence-corrected chi connectivity index (χ4v) is 7.13. The maximum absolute atomic E-state index is 14.7. The molecule has 1 fully saturated rings.